The highest BCUT2D eigenvalue weighted by Crippen LogP contribution is 2.18. The van der Waals surface area contributed by atoms with Crippen molar-refractivity contribution in [2.45, 2.75) is 44.7 Å². The highest BCUT2D eigenvalue weighted by molar-refractivity contribution is 5.78. The van der Waals surface area contributed by atoms with Crippen LogP contribution in [0.4, 0.5) is 0 Å². The van der Waals surface area contributed by atoms with Crippen LogP contribution < -0.4 is 10.6 Å². The zero-order chi connectivity index (χ0) is 12.8. The van der Waals surface area contributed by atoms with Crippen LogP contribution in [0.2, 0.25) is 0 Å². The molecule has 1 fully saturated rings. The molecule has 0 radical (unpaired) electrons. The van der Waals surface area contributed by atoms with Gasteiger partial charge in [0.25, 0.3) is 0 Å². The first-order valence-corrected chi connectivity index (χ1v) is 6.18. The van der Waals surface area contributed by atoms with Crippen molar-refractivity contribution in [3.05, 3.63) is 0 Å². The maximum atomic E-state index is 11.6. The van der Waals surface area contributed by atoms with E-state index < -0.39 is 0 Å². The number of rotatable bonds is 4. The molecule has 0 atom stereocenters. The lowest BCUT2D eigenvalue weighted by atomic mass is 9.91. The van der Waals surface area contributed by atoms with Crippen molar-refractivity contribution in [3.63, 3.8) is 0 Å². The lowest BCUT2D eigenvalue weighted by Gasteiger charge is -2.29. The summed E-state index contributed by atoms with van der Waals surface area (Å²) in [5.74, 6) is 0.114. The van der Waals surface area contributed by atoms with Gasteiger partial charge < -0.3 is 15.5 Å². The van der Waals surface area contributed by atoms with Crippen molar-refractivity contribution < 1.29 is 9.59 Å². The maximum absolute atomic E-state index is 11.6. The number of hydrogen-bond donors (Lipinski definition) is 2. The van der Waals surface area contributed by atoms with Crippen LogP contribution in [0.1, 0.15) is 32.6 Å². The van der Waals surface area contributed by atoms with Crippen LogP contribution in [-0.4, -0.2) is 49.4 Å². The van der Waals surface area contributed by atoms with Gasteiger partial charge in [-0.05, 0) is 39.8 Å². The number of hydrogen-bond acceptors (Lipinski definition) is 3. The topological polar surface area (TPSA) is 61.4 Å². The fourth-order valence-corrected chi connectivity index (χ4v) is 2.23. The second-order valence-electron chi connectivity index (χ2n) is 5.05. The molecule has 1 aliphatic rings. The molecule has 0 aromatic rings. The average molecular weight is 241 g/mol. The van der Waals surface area contributed by atoms with Crippen LogP contribution in [0.3, 0.4) is 0 Å². The standard InChI is InChI=1S/C12H23N3O2/c1-9(16)13-10-4-6-11(7-5-10)14-12(17)8-15(2)3/h10-11H,4-8H2,1-3H3,(H,13,16)(H,14,17). The molecule has 0 unspecified atom stereocenters. The van der Waals surface area contributed by atoms with Gasteiger partial charge in [-0.3, -0.25) is 9.59 Å². The van der Waals surface area contributed by atoms with Crippen LogP contribution in [-0.2, 0) is 9.59 Å². The molecule has 0 aliphatic heterocycles. The molecule has 1 saturated carbocycles. The zero-order valence-electron chi connectivity index (χ0n) is 11.0. The molecule has 5 nitrogen and oxygen atoms in total. The highest BCUT2D eigenvalue weighted by atomic mass is 16.2. The van der Waals surface area contributed by atoms with Crippen LogP contribution >= 0.6 is 0 Å². The minimum Gasteiger partial charge on any atom is -0.354 e. The fourth-order valence-electron chi connectivity index (χ4n) is 2.23. The number of carbonyl (C=O) groups excluding carboxylic acids is 2. The van der Waals surface area contributed by atoms with E-state index in [9.17, 15) is 9.59 Å². The molecule has 0 saturated heterocycles. The van der Waals surface area contributed by atoms with E-state index in [-0.39, 0.29) is 23.9 Å². The molecule has 5 heteroatoms. The van der Waals surface area contributed by atoms with Crippen molar-refractivity contribution in [2.24, 2.45) is 0 Å². The van der Waals surface area contributed by atoms with E-state index in [1.54, 1.807) is 6.92 Å². The maximum Gasteiger partial charge on any atom is 0.234 e. The second kappa shape index (κ2) is 6.59. The van der Waals surface area contributed by atoms with Crippen molar-refractivity contribution in [1.82, 2.24) is 15.5 Å². The Hall–Kier alpha value is -1.10. The molecule has 1 rings (SSSR count). The van der Waals surface area contributed by atoms with Gasteiger partial charge in [-0.2, -0.15) is 0 Å². The molecule has 1 aliphatic carbocycles. The third-order valence-corrected chi connectivity index (χ3v) is 2.96. The number of nitrogens with one attached hydrogen (secondary N) is 2. The molecule has 17 heavy (non-hydrogen) atoms. The van der Waals surface area contributed by atoms with Gasteiger partial charge >= 0.3 is 0 Å². The summed E-state index contributed by atoms with van der Waals surface area (Å²) in [5.41, 5.74) is 0. The van der Waals surface area contributed by atoms with Crippen LogP contribution in [0.5, 0.6) is 0 Å². The van der Waals surface area contributed by atoms with E-state index in [1.807, 2.05) is 19.0 Å². The summed E-state index contributed by atoms with van der Waals surface area (Å²) in [6.45, 7) is 1.98. The summed E-state index contributed by atoms with van der Waals surface area (Å²) in [5, 5.41) is 5.96. The summed E-state index contributed by atoms with van der Waals surface area (Å²) in [7, 11) is 3.76. The van der Waals surface area contributed by atoms with Gasteiger partial charge in [0.15, 0.2) is 0 Å². The Kier molecular flexibility index (Phi) is 5.41. The number of amides is 2. The molecule has 0 aromatic heterocycles. The SMILES string of the molecule is CC(=O)NC1CCC(NC(=O)CN(C)C)CC1. The van der Waals surface area contributed by atoms with Gasteiger partial charge in [-0.25, -0.2) is 0 Å². The molecule has 2 amide bonds. The van der Waals surface area contributed by atoms with E-state index in [2.05, 4.69) is 10.6 Å². The van der Waals surface area contributed by atoms with Gasteiger partial charge in [0.05, 0.1) is 6.54 Å². The summed E-state index contributed by atoms with van der Waals surface area (Å²) < 4.78 is 0. The molecule has 0 bridgehead atoms. The number of carbonyl (C=O) groups is 2. The van der Waals surface area contributed by atoms with Gasteiger partial charge in [-0.1, -0.05) is 0 Å². The van der Waals surface area contributed by atoms with Crippen molar-refractivity contribution in [1.29, 1.82) is 0 Å². The minimum absolute atomic E-state index is 0.0325. The average Bonchev–Trinajstić information content (AvgIpc) is 2.18. The lowest BCUT2D eigenvalue weighted by Crippen LogP contribution is -2.45. The smallest absolute Gasteiger partial charge is 0.234 e. The second-order valence-corrected chi connectivity index (χ2v) is 5.05. The van der Waals surface area contributed by atoms with E-state index in [0.29, 0.717) is 6.54 Å². The fraction of sp³-hybridized carbons (Fsp3) is 0.833. The first-order chi connectivity index (χ1) is 7.97. The van der Waals surface area contributed by atoms with Crippen LogP contribution in [0.15, 0.2) is 0 Å². The Bertz CT molecular complexity index is 271. The monoisotopic (exact) mass is 241 g/mol. The summed E-state index contributed by atoms with van der Waals surface area (Å²) in [6, 6.07) is 0.557. The van der Waals surface area contributed by atoms with E-state index >= 15 is 0 Å². The zero-order valence-corrected chi connectivity index (χ0v) is 11.0. The normalized spacial score (nSPS) is 24.5. The Morgan fingerprint density at radius 2 is 1.53 bits per heavy atom. The van der Waals surface area contributed by atoms with E-state index in [1.165, 1.54) is 0 Å². The third-order valence-electron chi connectivity index (χ3n) is 2.96. The van der Waals surface area contributed by atoms with Crippen molar-refractivity contribution >= 4 is 11.8 Å². The minimum atomic E-state index is 0.0325. The van der Waals surface area contributed by atoms with Crippen molar-refractivity contribution in [3.8, 4) is 0 Å². The van der Waals surface area contributed by atoms with Gasteiger partial charge in [0.2, 0.25) is 11.8 Å². The summed E-state index contributed by atoms with van der Waals surface area (Å²) in [4.78, 5) is 24.3. The largest absolute Gasteiger partial charge is 0.354 e. The van der Waals surface area contributed by atoms with Crippen LogP contribution in [0.25, 0.3) is 0 Å². The predicted octanol–water partition coefficient (Wildman–Crippen LogP) is 0.112. The first kappa shape index (κ1) is 14.0. The van der Waals surface area contributed by atoms with Gasteiger partial charge in [0.1, 0.15) is 0 Å². The highest BCUT2D eigenvalue weighted by Gasteiger charge is 2.22. The quantitative estimate of drug-likeness (QED) is 0.734. The molecule has 0 spiro atoms. The molecule has 0 aromatic carbocycles. The van der Waals surface area contributed by atoms with E-state index in [0.717, 1.165) is 25.7 Å². The molecule has 0 heterocycles. The summed E-state index contributed by atoms with van der Waals surface area (Å²) in [6.07, 6.45) is 3.80. The van der Waals surface area contributed by atoms with Crippen molar-refractivity contribution in [2.75, 3.05) is 20.6 Å². The van der Waals surface area contributed by atoms with Gasteiger partial charge in [-0.15, -0.1) is 0 Å². The Labute approximate surface area is 103 Å². The third kappa shape index (κ3) is 5.68. The Morgan fingerprint density at radius 1 is 1.06 bits per heavy atom. The molecular formula is C12H23N3O2. The first-order valence-electron chi connectivity index (χ1n) is 6.18. The van der Waals surface area contributed by atoms with Crippen LogP contribution in [0, 0.1) is 0 Å². The Morgan fingerprint density at radius 3 is 1.94 bits per heavy atom. The molecule has 2 N–H and O–H groups in total. The number of likely N-dealkylation sites (N-methyl/N-ethyl adjacent to an activating group) is 1. The molecular weight excluding hydrogens is 218 g/mol. The number of nitrogens with zero attached hydrogens (tertiary/aromatic N) is 1. The van der Waals surface area contributed by atoms with E-state index in [4.69, 9.17) is 0 Å². The predicted molar refractivity (Wildman–Crippen MR) is 66.6 cm³/mol. The molecule has 98 valence electrons. The Balaban J connectivity index is 2.23. The lowest BCUT2D eigenvalue weighted by molar-refractivity contribution is -0.123. The summed E-state index contributed by atoms with van der Waals surface area (Å²) >= 11 is 0. The van der Waals surface area contributed by atoms with Gasteiger partial charge in [0, 0.05) is 19.0 Å².